The first-order valence-corrected chi connectivity index (χ1v) is 9.21. The molecule has 0 aromatic rings. The molecule has 29 heavy (non-hydrogen) atoms. The maximum absolute atomic E-state index is 10.5. The monoisotopic (exact) mass is 498 g/mol. The summed E-state index contributed by atoms with van der Waals surface area (Å²) in [5, 5.41) is 68.2. The van der Waals surface area contributed by atoms with Crippen LogP contribution in [0.4, 0.5) is 0 Å². The summed E-state index contributed by atoms with van der Waals surface area (Å²) in [5.74, 6) is -2.46. The van der Waals surface area contributed by atoms with Crippen molar-refractivity contribution in [2.75, 3.05) is 19.8 Å². The molecule has 9 unspecified atom stereocenters. The molecule has 2 fully saturated rings. The Bertz CT molecular complexity index is 551. The Morgan fingerprint density at radius 3 is 2.00 bits per heavy atom. The van der Waals surface area contributed by atoms with Gasteiger partial charge in [0.2, 0.25) is 5.79 Å². The smallest absolute Gasteiger partial charge is 0.790 e. The van der Waals surface area contributed by atoms with Crippen LogP contribution in [0.2, 0.25) is 0 Å². The van der Waals surface area contributed by atoms with E-state index in [1.807, 2.05) is 0 Å². The molecular formula is C12H21K2O14P. The number of hydrogen-bond acceptors (Lipinski definition) is 14. The van der Waals surface area contributed by atoms with Crippen molar-refractivity contribution in [1.82, 2.24) is 0 Å². The van der Waals surface area contributed by atoms with Crippen molar-refractivity contribution in [3.05, 3.63) is 0 Å². The molecule has 2 aliphatic rings. The topological polar surface area (TPSA) is 242 Å². The Kier molecular flexibility index (Phi) is 14.5. The summed E-state index contributed by atoms with van der Waals surface area (Å²) in [7, 11) is -5.42. The molecule has 0 aromatic carbocycles. The molecular weight excluding hydrogens is 477 g/mol. The Labute approximate surface area is 250 Å². The maximum Gasteiger partial charge on any atom is 1.00 e. The number of rotatable bonds is 7. The molecule has 2 saturated heterocycles. The Balaban J connectivity index is 0.00000392. The molecule has 0 radical (unpaired) electrons. The van der Waals surface area contributed by atoms with E-state index in [4.69, 9.17) is 19.3 Å². The molecule has 9 atom stereocenters. The van der Waals surface area contributed by atoms with Gasteiger partial charge in [-0.15, -0.1) is 0 Å². The first kappa shape index (κ1) is 32.0. The number of phosphoric ester groups is 1. The van der Waals surface area contributed by atoms with Gasteiger partial charge in [0.15, 0.2) is 6.29 Å². The van der Waals surface area contributed by atoms with E-state index in [-0.39, 0.29) is 103 Å². The van der Waals surface area contributed by atoms with Crippen molar-refractivity contribution in [2.45, 2.75) is 54.8 Å². The van der Waals surface area contributed by atoms with E-state index < -0.39 is 82.4 Å². The van der Waals surface area contributed by atoms with Gasteiger partial charge in [-0.1, -0.05) is 0 Å². The largest absolute Gasteiger partial charge is 1.00 e. The van der Waals surface area contributed by atoms with Crippen molar-refractivity contribution in [1.29, 1.82) is 0 Å². The number of hydrogen-bond donors (Lipinski definition) is 7. The third-order valence-corrected chi connectivity index (χ3v) is 4.75. The van der Waals surface area contributed by atoms with Gasteiger partial charge < -0.3 is 68.8 Å². The zero-order chi connectivity index (χ0) is 20.6. The van der Waals surface area contributed by atoms with Gasteiger partial charge in [0.25, 0.3) is 0 Å². The van der Waals surface area contributed by atoms with Crippen molar-refractivity contribution in [3.63, 3.8) is 0 Å². The summed E-state index contributed by atoms with van der Waals surface area (Å²) in [6, 6.07) is 0. The van der Waals surface area contributed by atoms with Gasteiger partial charge in [-0.05, 0) is 0 Å². The molecule has 2 aliphatic heterocycles. The Morgan fingerprint density at radius 1 is 0.931 bits per heavy atom. The van der Waals surface area contributed by atoms with E-state index in [0.717, 1.165) is 0 Å². The first-order chi connectivity index (χ1) is 12.5. The number of phosphoric acid groups is 1. The summed E-state index contributed by atoms with van der Waals surface area (Å²) < 4.78 is 29.9. The van der Waals surface area contributed by atoms with Crippen LogP contribution >= 0.6 is 7.82 Å². The first-order valence-electron chi connectivity index (χ1n) is 7.75. The van der Waals surface area contributed by atoms with E-state index in [0.29, 0.717) is 0 Å². The van der Waals surface area contributed by atoms with Crippen LogP contribution < -0.4 is 113 Å². The molecule has 0 aliphatic carbocycles. The third-order valence-electron chi connectivity index (χ3n) is 4.29. The predicted octanol–water partition coefficient (Wildman–Crippen LogP) is -12.5. The van der Waals surface area contributed by atoms with E-state index in [2.05, 4.69) is 4.52 Å². The molecule has 160 valence electrons. The van der Waals surface area contributed by atoms with Gasteiger partial charge in [0.05, 0.1) is 21.0 Å². The van der Waals surface area contributed by atoms with Crippen LogP contribution in [0.15, 0.2) is 0 Å². The molecule has 2 rings (SSSR count). The molecule has 0 spiro atoms. The summed E-state index contributed by atoms with van der Waals surface area (Å²) in [5.41, 5.74) is 0. The van der Waals surface area contributed by atoms with Gasteiger partial charge in [-0.25, -0.2) is 0 Å². The SMILES string of the molecule is O=P([O-])([O-])OCC1OC(CO)(OC2OC(CO)C(O)C(O)C2O)C(O)C1O.[K+].[K+]. The second-order valence-corrected chi connectivity index (χ2v) is 7.27. The molecule has 0 aromatic heterocycles. The molecule has 14 nitrogen and oxygen atoms in total. The minimum Gasteiger partial charge on any atom is -0.790 e. The number of ether oxygens (including phenoxy) is 3. The normalized spacial score (nSPS) is 42.8. The Hall–Kier alpha value is 2.98. The minimum absolute atomic E-state index is 0. The van der Waals surface area contributed by atoms with Crippen molar-refractivity contribution in [3.8, 4) is 0 Å². The fourth-order valence-corrected chi connectivity index (χ4v) is 3.11. The van der Waals surface area contributed by atoms with E-state index in [9.17, 15) is 45.0 Å². The van der Waals surface area contributed by atoms with Gasteiger partial charge in [0, 0.05) is 0 Å². The van der Waals surface area contributed by atoms with Crippen LogP contribution in [0.5, 0.6) is 0 Å². The van der Waals surface area contributed by atoms with Crippen LogP contribution in [-0.4, -0.2) is 110 Å². The predicted molar refractivity (Wildman–Crippen MR) is 75.1 cm³/mol. The maximum atomic E-state index is 10.5. The average Bonchev–Trinajstić information content (AvgIpc) is 2.85. The van der Waals surface area contributed by atoms with Crippen LogP contribution in [0, 0.1) is 0 Å². The summed E-state index contributed by atoms with van der Waals surface area (Å²) in [6.07, 6.45) is -14.1. The molecule has 0 bridgehead atoms. The van der Waals surface area contributed by atoms with Gasteiger partial charge in [-0.2, -0.15) is 0 Å². The van der Waals surface area contributed by atoms with Crippen molar-refractivity contribution in [2.24, 2.45) is 0 Å². The van der Waals surface area contributed by atoms with Crippen molar-refractivity contribution >= 4 is 7.82 Å². The Morgan fingerprint density at radius 2 is 1.52 bits per heavy atom. The quantitative estimate of drug-likeness (QED) is 0.127. The van der Waals surface area contributed by atoms with Crippen LogP contribution in [-0.2, 0) is 23.3 Å². The van der Waals surface area contributed by atoms with Gasteiger partial charge in [0.1, 0.15) is 49.3 Å². The number of aliphatic hydroxyl groups is 7. The standard InChI is InChI=1S/C12H23O14P.2K/c13-1-4-6(15)8(17)9(18)11(24-4)26-12(3-14)10(19)7(16)5(25-12)2-23-27(20,21)22;;/h4-11,13-19H,1-3H2,(H2,20,21,22);;/q;2*+1/p-2. The van der Waals surface area contributed by atoms with Crippen LogP contribution in [0.25, 0.3) is 0 Å². The van der Waals surface area contributed by atoms with Crippen molar-refractivity contribution < 1.29 is 172 Å². The average molecular weight is 498 g/mol. The third kappa shape index (κ3) is 7.74. The second-order valence-electron chi connectivity index (χ2n) is 6.12. The zero-order valence-corrected chi connectivity index (χ0v) is 22.8. The molecule has 0 amide bonds. The van der Waals surface area contributed by atoms with Crippen LogP contribution in [0.1, 0.15) is 0 Å². The van der Waals surface area contributed by atoms with E-state index in [1.165, 1.54) is 0 Å². The molecule has 17 heteroatoms. The molecule has 7 N–H and O–H groups in total. The van der Waals surface area contributed by atoms with E-state index >= 15 is 0 Å². The van der Waals surface area contributed by atoms with E-state index in [1.54, 1.807) is 0 Å². The van der Waals surface area contributed by atoms with Gasteiger partial charge >= 0.3 is 103 Å². The molecule has 0 saturated carbocycles. The minimum atomic E-state index is -5.42. The number of aliphatic hydroxyl groups excluding tert-OH is 7. The van der Waals surface area contributed by atoms with Crippen LogP contribution in [0.3, 0.4) is 0 Å². The fraction of sp³-hybridized carbons (Fsp3) is 1.00. The molecule has 2 heterocycles. The summed E-state index contributed by atoms with van der Waals surface area (Å²) in [6.45, 7) is -2.91. The van der Waals surface area contributed by atoms with Gasteiger partial charge in [-0.3, -0.25) is 0 Å². The second kappa shape index (κ2) is 13.2. The zero-order valence-electron chi connectivity index (χ0n) is 15.7. The summed E-state index contributed by atoms with van der Waals surface area (Å²) in [4.78, 5) is 21.1. The fourth-order valence-electron chi connectivity index (χ4n) is 2.78. The summed E-state index contributed by atoms with van der Waals surface area (Å²) >= 11 is 0.